The fraction of sp³-hybridized carbons (Fsp3) is 0.400. The standard InChI is InChI=1S/C15H16F2N2O7/c1-10(15(16)17)3-2-4-14(20)26-8-7-25-13-6-5-11(18(21)22)9-12(13)19(23)24/h5-6,9H,2-4,7-8H2,1H3. The molecule has 0 heterocycles. The number of nitrogens with zero attached hydrogens (tertiary/aromatic N) is 2. The molecule has 9 nitrogen and oxygen atoms in total. The Kier molecular flexibility index (Phi) is 8.06. The molecule has 26 heavy (non-hydrogen) atoms. The van der Waals surface area contributed by atoms with Gasteiger partial charge in [-0.2, -0.15) is 8.78 Å². The molecule has 11 heteroatoms. The van der Waals surface area contributed by atoms with Gasteiger partial charge in [-0.05, 0) is 31.4 Å². The average molecular weight is 374 g/mol. The highest BCUT2D eigenvalue weighted by molar-refractivity contribution is 5.69. The number of carbonyl (C=O) groups excluding carboxylic acids is 1. The summed E-state index contributed by atoms with van der Waals surface area (Å²) in [6, 6.07) is 2.90. The number of carbonyl (C=O) groups is 1. The molecule has 0 unspecified atom stereocenters. The van der Waals surface area contributed by atoms with Gasteiger partial charge in [-0.15, -0.1) is 0 Å². The monoisotopic (exact) mass is 374 g/mol. The summed E-state index contributed by atoms with van der Waals surface area (Å²) in [5, 5.41) is 21.5. The lowest BCUT2D eigenvalue weighted by Crippen LogP contribution is -2.12. The molecule has 0 aliphatic rings. The quantitative estimate of drug-likeness (QED) is 0.264. The molecule has 1 aromatic carbocycles. The van der Waals surface area contributed by atoms with Gasteiger partial charge >= 0.3 is 11.7 Å². The van der Waals surface area contributed by atoms with Crippen molar-refractivity contribution in [1.29, 1.82) is 0 Å². The Hall–Kier alpha value is -3.11. The van der Waals surface area contributed by atoms with E-state index in [1.165, 1.54) is 6.92 Å². The molecule has 0 aliphatic heterocycles. The van der Waals surface area contributed by atoms with Crippen LogP contribution in [0, 0.1) is 20.2 Å². The van der Waals surface area contributed by atoms with Crippen LogP contribution in [-0.4, -0.2) is 29.0 Å². The van der Waals surface area contributed by atoms with Crippen LogP contribution in [-0.2, 0) is 9.53 Å². The first-order chi connectivity index (χ1) is 12.2. The summed E-state index contributed by atoms with van der Waals surface area (Å²) in [6.45, 7) is 0.854. The van der Waals surface area contributed by atoms with Gasteiger partial charge in [0.1, 0.15) is 13.2 Å². The smallest absolute Gasteiger partial charge is 0.317 e. The molecule has 0 spiro atoms. The summed E-state index contributed by atoms with van der Waals surface area (Å²) in [5.41, 5.74) is -1.13. The van der Waals surface area contributed by atoms with Gasteiger partial charge in [0, 0.05) is 12.5 Å². The highest BCUT2D eigenvalue weighted by Gasteiger charge is 2.20. The predicted molar refractivity (Wildman–Crippen MR) is 85.0 cm³/mol. The van der Waals surface area contributed by atoms with Gasteiger partial charge < -0.3 is 9.47 Å². The van der Waals surface area contributed by atoms with Crippen molar-refractivity contribution in [2.24, 2.45) is 0 Å². The van der Waals surface area contributed by atoms with Gasteiger partial charge in [0.2, 0.25) is 0 Å². The number of hydrogen-bond donors (Lipinski definition) is 0. The summed E-state index contributed by atoms with van der Waals surface area (Å²) in [5.74, 6) is -0.810. The number of hydrogen-bond acceptors (Lipinski definition) is 7. The Labute approximate surface area is 146 Å². The molecule has 0 aliphatic carbocycles. The lowest BCUT2D eigenvalue weighted by Gasteiger charge is -2.08. The largest absolute Gasteiger partial charge is 0.483 e. The lowest BCUT2D eigenvalue weighted by molar-refractivity contribution is -0.394. The van der Waals surface area contributed by atoms with Crippen LogP contribution in [0.5, 0.6) is 5.75 Å². The topological polar surface area (TPSA) is 122 Å². The zero-order valence-corrected chi connectivity index (χ0v) is 13.8. The van der Waals surface area contributed by atoms with E-state index >= 15 is 0 Å². The molecule has 0 bridgehead atoms. The van der Waals surface area contributed by atoms with E-state index in [1.807, 2.05) is 0 Å². The van der Waals surface area contributed by atoms with Crippen LogP contribution >= 0.6 is 0 Å². The first-order valence-corrected chi connectivity index (χ1v) is 7.44. The zero-order valence-electron chi connectivity index (χ0n) is 13.8. The Morgan fingerprint density at radius 3 is 2.38 bits per heavy atom. The third-order valence-corrected chi connectivity index (χ3v) is 3.21. The number of esters is 1. The fourth-order valence-corrected chi connectivity index (χ4v) is 1.86. The molecule has 1 aromatic rings. The van der Waals surface area contributed by atoms with E-state index < -0.39 is 33.3 Å². The minimum absolute atomic E-state index is 0.0533. The average Bonchev–Trinajstić information content (AvgIpc) is 2.58. The van der Waals surface area contributed by atoms with Gasteiger partial charge in [0.25, 0.3) is 11.8 Å². The number of non-ortho nitro benzene ring substituents is 1. The van der Waals surface area contributed by atoms with Crippen LogP contribution < -0.4 is 4.74 Å². The second-order valence-electron chi connectivity index (χ2n) is 5.13. The van der Waals surface area contributed by atoms with Crippen LogP contribution in [0.1, 0.15) is 26.2 Å². The van der Waals surface area contributed by atoms with Crippen molar-refractivity contribution in [3.63, 3.8) is 0 Å². The summed E-state index contributed by atoms with van der Waals surface area (Å²) in [4.78, 5) is 31.4. The molecule has 0 atom stereocenters. The van der Waals surface area contributed by atoms with Crippen LogP contribution in [0.25, 0.3) is 0 Å². The summed E-state index contributed by atoms with van der Waals surface area (Å²) in [7, 11) is 0. The van der Waals surface area contributed by atoms with Crippen LogP contribution in [0.2, 0.25) is 0 Å². The van der Waals surface area contributed by atoms with Crippen molar-refractivity contribution in [2.75, 3.05) is 13.2 Å². The second-order valence-corrected chi connectivity index (χ2v) is 5.13. The van der Waals surface area contributed by atoms with Crippen molar-refractivity contribution >= 4 is 17.3 Å². The van der Waals surface area contributed by atoms with Crippen molar-refractivity contribution in [3.05, 3.63) is 50.1 Å². The maximum absolute atomic E-state index is 12.2. The second kappa shape index (κ2) is 10.0. The molecule has 0 fully saturated rings. The first-order valence-electron chi connectivity index (χ1n) is 7.44. The van der Waals surface area contributed by atoms with E-state index in [0.717, 1.165) is 18.2 Å². The number of benzene rings is 1. The van der Waals surface area contributed by atoms with Crippen molar-refractivity contribution < 1.29 is 32.9 Å². The third kappa shape index (κ3) is 6.79. The number of ether oxygens (including phenoxy) is 2. The highest BCUT2D eigenvalue weighted by Crippen LogP contribution is 2.30. The number of allylic oxidation sites excluding steroid dienone is 1. The number of rotatable bonds is 10. The summed E-state index contributed by atoms with van der Waals surface area (Å²) >= 11 is 0. The maximum Gasteiger partial charge on any atom is 0.317 e. The van der Waals surface area contributed by atoms with E-state index in [-0.39, 0.29) is 43.8 Å². The van der Waals surface area contributed by atoms with Crippen LogP contribution in [0.15, 0.2) is 29.9 Å². The molecule has 0 saturated carbocycles. The van der Waals surface area contributed by atoms with E-state index in [9.17, 15) is 33.8 Å². The molecule has 0 amide bonds. The maximum atomic E-state index is 12.2. The predicted octanol–water partition coefficient (Wildman–Crippen LogP) is 3.77. The Morgan fingerprint density at radius 1 is 1.12 bits per heavy atom. The molecule has 0 radical (unpaired) electrons. The van der Waals surface area contributed by atoms with Crippen LogP contribution in [0.3, 0.4) is 0 Å². The highest BCUT2D eigenvalue weighted by atomic mass is 19.3. The van der Waals surface area contributed by atoms with E-state index in [2.05, 4.69) is 0 Å². The third-order valence-electron chi connectivity index (χ3n) is 3.21. The van der Waals surface area contributed by atoms with Crippen molar-refractivity contribution in [3.8, 4) is 5.75 Å². The summed E-state index contributed by atoms with van der Waals surface area (Å²) < 4.78 is 34.3. The molecule has 0 saturated heterocycles. The molecular weight excluding hydrogens is 358 g/mol. The van der Waals surface area contributed by atoms with Crippen molar-refractivity contribution in [2.45, 2.75) is 26.2 Å². The van der Waals surface area contributed by atoms with Gasteiger partial charge in [0.15, 0.2) is 5.75 Å². The molecule has 0 N–H and O–H groups in total. The first kappa shape index (κ1) is 20.9. The SMILES string of the molecule is CC(CCCC(=O)OCCOc1ccc([N+](=O)[O-])cc1[N+](=O)[O-])=C(F)F. The molecule has 0 aromatic heterocycles. The molecule has 1 rings (SSSR count). The number of halogens is 2. The van der Waals surface area contributed by atoms with Gasteiger partial charge in [-0.3, -0.25) is 25.0 Å². The van der Waals surface area contributed by atoms with Crippen LogP contribution in [0.4, 0.5) is 20.2 Å². The minimum atomic E-state index is -1.77. The minimum Gasteiger partial charge on any atom is -0.483 e. The van der Waals surface area contributed by atoms with E-state index in [1.54, 1.807) is 0 Å². The lowest BCUT2D eigenvalue weighted by atomic mass is 10.1. The van der Waals surface area contributed by atoms with Crippen molar-refractivity contribution in [1.82, 2.24) is 0 Å². The Balaban J connectivity index is 2.44. The van der Waals surface area contributed by atoms with Gasteiger partial charge in [-0.1, -0.05) is 0 Å². The Morgan fingerprint density at radius 2 is 1.81 bits per heavy atom. The molecular formula is C15H16F2N2O7. The molecule has 142 valence electrons. The zero-order chi connectivity index (χ0) is 19.7. The van der Waals surface area contributed by atoms with E-state index in [0.29, 0.717) is 0 Å². The number of nitro groups is 2. The van der Waals surface area contributed by atoms with Gasteiger partial charge in [-0.25, -0.2) is 0 Å². The van der Waals surface area contributed by atoms with Gasteiger partial charge in [0.05, 0.1) is 15.9 Å². The number of nitro benzene ring substituents is 2. The Bertz CT molecular complexity index is 718. The van der Waals surface area contributed by atoms with E-state index in [4.69, 9.17) is 9.47 Å². The summed E-state index contributed by atoms with van der Waals surface area (Å²) in [6.07, 6.45) is -1.54. The fourth-order valence-electron chi connectivity index (χ4n) is 1.86. The normalized spacial score (nSPS) is 10.1.